The Labute approximate surface area is 229 Å². The lowest BCUT2D eigenvalue weighted by Gasteiger charge is -2.37. The summed E-state index contributed by atoms with van der Waals surface area (Å²) < 4.78 is 13.5. The van der Waals surface area contributed by atoms with Crippen LogP contribution in [0.3, 0.4) is 0 Å². The minimum absolute atomic E-state index is 0.0509. The second-order valence-electron chi connectivity index (χ2n) is 10.2. The van der Waals surface area contributed by atoms with Crippen LogP contribution in [0.2, 0.25) is 0 Å². The van der Waals surface area contributed by atoms with Crippen LogP contribution in [0.25, 0.3) is 0 Å². The molecule has 1 aliphatic heterocycles. The summed E-state index contributed by atoms with van der Waals surface area (Å²) in [6.45, 7) is 7.91. The van der Waals surface area contributed by atoms with Gasteiger partial charge in [-0.05, 0) is 80.6 Å². The first-order valence-electron chi connectivity index (χ1n) is 13.6. The monoisotopic (exact) mass is 523 g/mol. The highest BCUT2D eigenvalue weighted by Gasteiger charge is 2.41. The fourth-order valence-corrected chi connectivity index (χ4v) is 5.83. The maximum absolute atomic E-state index is 13.8. The van der Waals surface area contributed by atoms with E-state index in [0.29, 0.717) is 35.4 Å². The third kappa shape index (κ3) is 5.37. The molecule has 0 saturated carbocycles. The third-order valence-corrected chi connectivity index (χ3v) is 7.80. The van der Waals surface area contributed by atoms with Crippen molar-refractivity contribution in [2.45, 2.75) is 45.4 Å². The van der Waals surface area contributed by atoms with Crippen molar-refractivity contribution in [1.29, 1.82) is 0 Å². The summed E-state index contributed by atoms with van der Waals surface area (Å²) in [7, 11) is 0. The molecule has 3 aromatic rings. The summed E-state index contributed by atoms with van der Waals surface area (Å²) in [5.74, 6) is -1.05. The zero-order valence-corrected chi connectivity index (χ0v) is 22.6. The van der Waals surface area contributed by atoms with Crippen LogP contribution >= 0.6 is 0 Å². The van der Waals surface area contributed by atoms with Gasteiger partial charge in [-0.1, -0.05) is 42.5 Å². The van der Waals surface area contributed by atoms with Crippen molar-refractivity contribution in [1.82, 2.24) is 5.32 Å². The van der Waals surface area contributed by atoms with Gasteiger partial charge in [0.2, 0.25) is 0 Å². The number of anilines is 2. The van der Waals surface area contributed by atoms with Gasteiger partial charge in [-0.3, -0.25) is 9.59 Å². The first-order valence-corrected chi connectivity index (χ1v) is 13.6. The molecule has 2 N–H and O–H groups in total. The number of dihydropyridines is 1. The number of benzene rings is 3. The SMILES string of the molecule is CCN(CC)c1ccc(C2C(C(=O)Nc3ccc(F)cc3)=C(C)NC3=C2C(=O)CC(c2ccccc2)C3)cc1. The van der Waals surface area contributed by atoms with Gasteiger partial charge in [0, 0.05) is 59.3 Å². The molecule has 0 saturated heterocycles. The molecule has 1 amide bonds. The van der Waals surface area contributed by atoms with Crippen LogP contribution in [0.15, 0.2) is 101 Å². The van der Waals surface area contributed by atoms with E-state index in [9.17, 15) is 14.0 Å². The number of nitrogens with zero attached hydrogens (tertiary/aromatic N) is 1. The van der Waals surface area contributed by atoms with E-state index in [2.05, 4.69) is 53.6 Å². The van der Waals surface area contributed by atoms with Crippen molar-refractivity contribution in [2.24, 2.45) is 0 Å². The van der Waals surface area contributed by atoms with E-state index in [-0.39, 0.29) is 23.4 Å². The molecule has 3 aromatic carbocycles. The summed E-state index contributed by atoms with van der Waals surface area (Å²) >= 11 is 0. The number of Topliss-reactive ketones (excluding diaryl/α,β-unsaturated/α-hetero) is 1. The van der Waals surface area contributed by atoms with Gasteiger partial charge in [0.15, 0.2) is 5.78 Å². The number of hydrogen-bond acceptors (Lipinski definition) is 4. The Hall–Kier alpha value is -4.19. The standard InChI is InChI=1S/C33H34FN3O2/c1-4-37(5-2)27-17-11-23(12-18-27)31-30(33(39)36-26-15-13-25(34)14-16-26)21(3)35-28-19-24(20-29(38)32(28)31)22-9-7-6-8-10-22/h6-18,24,31,35H,4-5,19-20H2,1-3H3,(H,36,39). The number of amides is 1. The van der Waals surface area contributed by atoms with Crippen molar-refractivity contribution < 1.29 is 14.0 Å². The Kier molecular flexibility index (Phi) is 7.64. The lowest BCUT2D eigenvalue weighted by atomic mass is 9.71. The van der Waals surface area contributed by atoms with Crippen LogP contribution in [0.1, 0.15) is 56.6 Å². The fourth-order valence-electron chi connectivity index (χ4n) is 5.83. The zero-order chi connectivity index (χ0) is 27.5. The minimum Gasteiger partial charge on any atom is -0.372 e. The summed E-state index contributed by atoms with van der Waals surface area (Å²) in [5.41, 5.74) is 6.39. The second-order valence-corrected chi connectivity index (χ2v) is 10.2. The Morgan fingerprint density at radius 3 is 2.23 bits per heavy atom. The lowest BCUT2D eigenvalue weighted by Crippen LogP contribution is -2.37. The highest BCUT2D eigenvalue weighted by Crippen LogP contribution is 2.46. The summed E-state index contributed by atoms with van der Waals surface area (Å²) in [6.07, 6.45) is 1.09. The molecule has 0 radical (unpaired) electrons. The van der Waals surface area contributed by atoms with E-state index in [1.165, 1.54) is 24.3 Å². The van der Waals surface area contributed by atoms with E-state index in [1.807, 2.05) is 37.3 Å². The van der Waals surface area contributed by atoms with Crippen LogP contribution in [0.5, 0.6) is 0 Å². The van der Waals surface area contributed by atoms with Crippen LogP contribution in [-0.2, 0) is 9.59 Å². The number of halogens is 1. The van der Waals surface area contributed by atoms with Gasteiger partial charge in [0.05, 0.1) is 0 Å². The Balaban J connectivity index is 1.55. The predicted molar refractivity (Wildman–Crippen MR) is 154 cm³/mol. The summed E-state index contributed by atoms with van der Waals surface area (Å²) in [6, 6.07) is 24.0. The molecule has 6 heteroatoms. The van der Waals surface area contributed by atoms with E-state index in [4.69, 9.17) is 0 Å². The van der Waals surface area contributed by atoms with Crippen LogP contribution in [0, 0.1) is 5.82 Å². The Morgan fingerprint density at radius 2 is 1.59 bits per heavy atom. The first-order chi connectivity index (χ1) is 18.9. The molecule has 0 fully saturated rings. The zero-order valence-electron chi connectivity index (χ0n) is 22.6. The fraction of sp³-hybridized carbons (Fsp3) is 0.273. The molecule has 5 rings (SSSR count). The molecule has 5 nitrogen and oxygen atoms in total. The molecule has 0 bridgehead atoms. The van der Waals surface area contributed by atoms with Gasteiger partial charge in [-0.2, -0.15) is 0 Å². The first kappa shape index (κ1) is 26.4. The van der Waals surface area contributed by atoms with Crippen molar-refractivity contribution in [3.63, 3.8) is 0 Å². The number of hydrogen-bond donors (Lipinski definition) is 2. The normalized spacial score (nSPS) is 18.9. The van der Waals surface area contributed by atoms with Gasteiger partial charge >= 0.3 is 0 Å². The van der Waals surface area contributed by atoms with E-state index in [0.717, 1.165) is 35.6 Å². The van der Waals surface area contributed by atoms with Crippen LogP contribution < -0.4 is 15.5 Å². The van der Waals surface area contributed by atoms with E-state index >= 15 is 0 Å². The number of rotatable bonds is 7. The molecule has 1 aliphatic carbocycles. The number of nitrogens with one attached hydrogen (secondary N) is 2. The molecule has 2 atom stereocenters. The van der Waals surface area contributed by atoms with Gasteiger partial charge in [-0.15, -0.1) is 0 Å². The van der Waals surface area contributed by atoms with Gasteiger partial charge < -0.3 is 15.5 Å². The largest absolute Gasteiger partial charge is 0.372 e. The van der Waals surface area contributed by atoms with Crippen molar-refractivity contribution in [3.8, 4) is 0 Å². The third-order valence-electron chi connectivity index (χ3n) is 7.80. The van der Waals surface area contributed by atoms with E-state index in [1.54, 1.807) is 0 Å². The molecule has 0 spiro atoms. The molecular formula is C33H34FN3O2. The second kappa shape index (κ2) is 11.3. The Bertz CT molecular complexity index is 1420. The van der Waals surface area contributed by atoms with Crippen LogP contribution in [0.4, 0.5) is 15.8 Å². The number of carbonyl (C=O) groups excluding carboxylic acids is 2. The Morgan fingerprint density at radius 1 is 0.923 bits per heavy atom. The number of ketones is 1. The summed E-state index contributed by atoms with van der Waals surface area (Å²) in [5, 5.41) is 6.35. The molecule has 39 heavy (non-hydrogen) atoms. The van der Waals surface area contributed by atoms with Gasteiger partial charge in [-0.25, -0.2) is 4.39 Å². The van der Waals surface area contributed by atoms with Crippen LogP contribution in [-0.4, -0.2) is 24.8 Å². The van der Waals surface area contributed by atoms with E-state index < -0.39 is 5.92 Å². The van der Waals surface area contributed by atoms with Crippen molar-refractivity contribution in [3.05, 3.63) is 118 Å². The molecule has 1 heterocycles. The van der Waals surface area contributed by atoms with Crippen molar-refractivity contribution in [2.75, 3.05) is 23.3 Å². The average molecular weight is 524 g/mol. The maximum atomic E-state index is 13.8. The predicted octanol–water partition coefficient (Wildman–Crippen LogP) is 6.67. The lowest BCUT2D eigenvalue weighted by molar-refractivity contribution is -0.116. The summed E-state index contributed by atoms with van der Waals surface area (Å²) in [4.78, 5) is 29.8. The molecule has 200 valence electrons. The number of carbonyl (C=O) groups is 2. The molecule has 2 unspecified atom stereocenters. The molecule has 0 aromatic heterocycles. The highest BCUT2D eigenvalue weighted by atomic mass is 19.1. The molecule has 2 aliphatic rings. The smallest absolute Gasteiger partial charge is 0.254 e. The highest BCUT2D eigenvalue weighted by molar-refractivity contribution is 6.10. The van der Waals surface area contributed by atoms with Gasteiger partial charge in [0.25, 0.3) is 5.91 Å². The quantitative estimate of drug-likeness (QED) is 0.363. The minimum atomic E-state index is -0.503. The average Bonchev–Trinajstić information content (AvgIpc) is 2.95. The topological polar surface area (TPSA) is 61.4 Å². The maximum Gasteiger partial charge on any atom is 0.254 e. The molecular weight excluding hydrogens is 489 g/mol. The van der Waals surface area contributed by atoms with Gasteiger partial charge in [0.1, 0.15) is 5.82 Å². The number of allylic oxidation sites excluding steroid dienone is 3. The van der Waals surface area contributed by atoms with Crippen molar-refractivity contribution >= 4 is 23.1 Å².